The number of nitrogens with one attached hydrogen (secondary N) is 1. The molecule has 1 aliphatic heterocycles. The molecule has 1 N–H and O–H groups in total. The summed E-state index contributed by atoms with van der Waals surface area (Å²) in [4.78, 5) is 0. The Hall–Kier alpha value is -0.820. The maximum absolute atomic E-state index is 3.55. The Morgan fingerprint density at radius 2 is 2.08 bits per heavy atom. The van der Waals surface area contributed by atoms with Crippen LogP contribution in [0.1, 0.15) is 18.9 Å². The van der Waals surface area contributed by atoms with E-state index >= 15 is 0 Å². The summed E-state index contributed by atoms with van der Waals surface area (Å²) in [6.45, 7) is 3.51. The second-order valence-corrected chi connectivity index (χ2v) is 4.14. The third-order valence-electron chi connectivity index (χ3n) is 2.77. The number of hydrogen-bond donors (Lipinski definition) is 1. The molecule has 0 amide bonds. The zero-order valence-corrected chi connectivity index (χ0v) is 8.16. The minimum Gasteiger partial charge on any atom is -0.313 e. The zero-order valence-electron chi connectivity index (χ0n) is 8.16. The molecule has 1 heterocycles. The van der Waals surface area contributed by atoms with Gasteiger partial charge in [-0.05, 0) is 30.9 Å². The molecule has 1 fully saturated rings. The molecule has 0 radical (unpaired) electrons. The van der Waals surface area contributed by atoms with Crippen LogP contribution < -0.4 is 5.32 Å². The lowest BCUT2D eigenvalue weighted by Gasteiger charge is -2.09. The summed E-state index contributed by atoms with van der Waals surface area (Å²) in [5, 5.41) is 3.55. The maximum atomic E-state index is 3.55. The predicted molar refractivity (Wildman–Crippen MR) is 55.7 cm³/mol. The molecule has 0 bridgehead atoms. The Bertz CT molecular complexity index is 255. The average Bonchev–Trinajstić information content (AvgIpc) is 2.53. The van der Waals surface area contributed by atoms with Gasteiger partial charge in [-0.2, -0.15) is 0 Å². The molecule has 0 unspecified atom stereocenters. The van der Waals surface area contributed by atoms with E-state index in [1.807, 2.05) is 0 Å². The molecule has 2 atom stereocenters. The van der Waals surface area contributed by atoms with Crippen molar-refractivity contribution in [1.82, 2.24) is 5.32 Å². The van der Waals surface area contributed by atoms with Crippen molar-refractivity contribution in [2.75, 3.05) is 6.54 Å². The lowest BCUT2D eigenvalue weighted by Crippen LogP contribution is -2.23. The van der Waals surface area contributed by atoms with E-state index in [4.69, 9.17) is 0 Å². The predicted octanol–water partition coefficient (Wildman–Crippen LogP) is 2.23. The Balaban J connectivity index is 1.92. The molecular weight excluding hydrogens is 158 g/mol. The summed E-state index contributed by atoms with van der Waals surface area (Å²) in [5.41, 5.74) is 1.45. The average molecular weight is 175 g/mol. The third-order valence-corrected chi connectivity index (χ3v) is 2.77. The molecule has 70 valence electrons. The van der Waals surface area contributed by atoms with Gasteiger partial charge >= 0.3 is 0 Å². The van der Waals surface area contributed by atoms with Gasteiger partial charge in [-0.3, -0.25) is 0 Å². The Kier molecular flexibility index (Phi) is 2.65. The summed E-state index contributed by atoms with van der Waals surface area (Å²) < 4.78 is 0. The summed E-state index contributed by atoms with van der Waals surface area (Å²) in [6, 6.07) is 11.4. The van der Waals surface area contributed by atoms with Crippen LogP contribution in [0, 0.1) is 5.92 Å². The molecule has 0 spiro atoms. The van der Waals surface area contributed by atoms with Gasteiger partial charge in [-0.15, -0.1) is 0 Å². The topological polar surface area (TPSA) is 12.0 Å². The highest BCUT2D eigenvalue weighted by Crippen LogP contribution is 2.16. The monoisotopic (exact) mass is 175 g/mol. The van der Waals surface area contributed by atoms with E-state index in [0.717, 1.165) is 5.92 Å². The van der Waals surface area contributed by atoms with E-state index in [0.29, 0.717) is 6.04 Å². The highest BCUT2D eigenvalue weighted by molar-refractivity contribution is 5.16. The quantitative estimate of drug-likeness (QED) is 0.726. The van der Waals surface area contributed by atoms with E-state index < -0.39 is 0 Å². The standard InChI is InChI=1S/C12H17N/c1-10-7-12(13-9-10)8-11-5-3-2-4-6-11/h2-6,10,12-13H,7-9H2,1H3/t10-,12+/m0/s1. The molecule has 1 aliphatic rings. The number of rotatable bonds is 2. The summed E-state index contributed by atoms with van der Waals surface area (Å²) in [7, 11) is 0. The van der Waals surface area contributed by atoms with Gasteiger partial charge in [0, 0.05) is 6.04 Å². The fourth-order valence-electron chi connectivity index (χ4n) is 2.07. The van der Waals surface area contributed by atoms with Crippen LogP contribution in [0.4, 0.5) is 0 Å². The summed E-state index contributed by atoms with van der Waals surface area (Å²) in [6.07, 6.45) is 2.51. The molecule has 1 saturated heterocycles. The van der Waals surface area contributed by atoms with Crippen LogP contribution in [0.3, 0.4) is 0 Å². The van der Waals surface area contributed by atoms with E-state index in [2.05, 4.69) is 42.6 Å². The van der Waals surface area contributed by atoms with Crippen molar-refractivity contribution >= 4 is 0 Å². The lowest BCUT2D eigenvalue weighted by atomic mass is 10.0. The van der Waals surface area contributed by atoms with Crippen molar-refractivity contribution in [2.45, 2.75) is 25.8 Å². The van der Waals surface area contributed by atoms with Crippen molar-refractivity contribution < 1.29 is 0 Å². The molecule has 2 rings (SSSR count). The lowest BCUT2D eigenvalue weighted by molar-refractivity contribution is 0.581. The van der Waals surface area contributed by atoms with Crippen LogP contribution in [0.5, 0.6) is 0 Å². The molecule has 1 heteroatoms. The van der Waals surface area contributed by atoms with Crippen LogP contribution in [0.15, 0.2) is 30.3 Å². The van der Waals surface area contributed by atoms with Gasteiger partial charge in [0.05, 0.1) is 0 Å². The SMILES string of the molecule is C[C@@H]1CN[C@@H](Cc2ccccc2)C1. The fraction of sp³-hybridized carbons (Fsp3) is 0.500. The first kappa shape index (κ1) is 8.76. The van der Waals surface area contributed by atoms with E-state index in [-0.39, 0.29) is 0 Å². The second-order valence-electron chi connectivity index (χ2n) is 4.14. The van der Waals surface area contributed by atoms with Gasteiger partial charge in [0.2, 0.25) is 0 Å². The van der Waals surface area contributed by atoms with Gasteiger partial charge in [0.1, 0.15) is 0 Å². The minimum absolute atomic E-state index is 0.706. The molecule has 1 aromatic carbocycles. The number of benzene rings is 1. The van der Waals surface area contributed by atoms with Crippen LogP contribution in [-0.2, 0) is 6.42 Å². The second kappa shape index (κ2) is 3.93. The molecular formula is C12H17N. The Morgan fingerprint density at radius 3 is 2.69 bits per heavy atom. The van der Waals surface area contributed by atoms with Gasteiger partial charge in [-0.1, -0.05) is 37.3 Å². The smallest absolute Gasteiger partial charge is 0.0111 e. The third kappa shape index (κ3) is 2.31. The van der Waals surface area contributed by atoms with Crippen molar-refractivity contribution in [3.05, 3.63) is 35.9 Å². The van der Waals surface area contributed by atoms with Crippen LogP contribution in [0.2, 0.25) is 0 Å². The fourth-order valence-corrected chi connectivity index (χ4v) is 2.07. The molecule has 0 saturated carbocycles. The van der Waals surface area contributed by atoms with Gasteiger partial charge in [-0.25, -0.2) is 0 Å². The zero-order chi connectivity index (χ0) is 9.10. The largest absolute Gasteiger partial charge is 0.313 e. The van der Waals surface area contributed by atoms with Crippen molar-refractivity contribution in [1.29, 1.82) is 0 Å². The number of hydrogen-bond acceptors (Lipinski definition) is 1. The van der Waals surface area contributed by atoms with Crippen molar-refractivity contribution in [3.63, 3.8) is 0 Å². The first-order chi connectivity index (χ1) is 6.34. The van der Waals surface area contributed by atoms with Crippen LogP contribution in [-0.4, -0.2) is 12.6 Å². The van der Waals surface area contributed by atoms with Crippen molar-refractivity contribution in [3.8, 4) is 0 Å². The highest BCUT2D eigenvalue weighted by Gasteiger charge is 2.19. The maximum Gasteiger partial charge on any atom is 0.0111 e. The van der Waals surface area contributed by atoms with E-state index in [1.54, 1.807) is 0 Å². The summed E-state index contributed by atoms with van der Waals surface area (Å²) >= 11 is 0. The Morgan fingerprint density at radius 1 is 1.31 bits per heavy atom. The first-order valence-electron chi connectivity index (χ1n) is 5.12. The molecule has 13 heavy (non-hydrogen) atoms. The molecule has 1 nitrogen and oxygen atoms in total. The molecule has 0 aromatic heterocycles. The van der Waals surface area contributed by atoms with E-state index in [9.17, 15) is 0 Å². The van der Waals surface area contributed by atoms with Crippen LogP contribution in [0.25, 0.3) is 0 Å². The normalized spacial score (nSPS) is 27.8. The summed E-state index contributed by atoms with van der Waals surface area (Å²) in [5.74, 6) is 0.855. The van der Waals surface area contributed by atoms with Crippen molar-refractivity contribution in [2.24, 2.45) is 5.92 Å². The highest BCUT2D eigenvalue weighted by atomic mass is 14.9. The van der Waals surface area contributed by atoms with Gasteiger partial charge < -0.3 is 5.32 Å². The van der Waals surface area contributed by atoms with Gasteiger partial charge in [0.15, 0.2) is 0 Å². The molecule has 0 aliphatic carbocycles. The van der Waals surface area contributed by atoms with Crippen LogP contribution >= 0.6 is 0 Å². The van der Waals surface area contributed by atoms with Gasteiger partial charge in [0.25, 0.3) is 0 Å². The first-order valence-corrected chi connectivity index (χ1v) is 5.12. The minimum atomic E-state index is 0.706. The van der Waals surface area contributed by atoms with E-state index in [1.165, 1.54) is 24.9 Å². The molecule has 1 aromatic rings. The Labute approximate surface area is 80.2 Å².